The maximum atomic E-state index is 12.5. The van der Waals surface area contributed by atoms with Crippen LogP contribution in [0.3, 0.4) is 0 Å². The van der Waals surface area contributed by atoms with Gasteiger partial charge in [0.05, 0.1) is 30.0 Å². The Hall–Kier alpha value is -2.70. The number of rotatable bonds is 6. The summed E-state index contributed by atoms with van der Waals surface area (Å²) in [6.45, 7) is 0.736. The van der Waals surface area contributed by atoms with Gasteiger partial charge in [-0.2, -0.15) is 0 Å². The first-order valence-electron chi connectivity index (χ1n) is 7.72. The standard InChI is InChI=1S/C18H18N2O4/c21-11-9-19(10-12-22)13-5-7-14(8-6-13)20-17(23)15-3-1-2-4-16(15)18(20)24/h1-8,21-22H,9-12H2. The summed E-state index contributed by atoms with van der Waals surface area (Å²) < 4.78 is 0. The van der Waals surface area contributed by atoms with Crippen molar-refractivity contribution >= 4 is 23.2 Å². The number of nitrogens with zero attached hydrogens (tertiary/aromatic N) is 2. The average Bonchev–Trinajstić information content (AvgIpc) is 2.86. The van der Waals surface area contributed by atoms with Gasteiger partial charge in [-0.05, 0) is 36.4 Å². The number of imide groups is 1. The molecule has 6 nitrogen and oxygen atoms in total. The quantitative estimate of drug-likeness (QED) is 0.782. The lowest BCUT2D eigenvalue weighted by molar-refractivity contribution is 0.0926. The zero-order chi connectivity index (χ0) is 17.1. The number of amides is 2. The van der Waals surface area contributed by atoms with Gasteiger partial charge in [0.1, 0.15) is 0 Å². The van der Waals surface area contributed by atoms with E-state index in [1.54, 1.807) is 48.5 Å². The lowest BCUT2D eigenvalue weighted by atomic mass is 10.1. The normalized spacial score (nSPS) is 13.3. The molecule has 0 saturated carbocycles. The third-order valence-electron chi connectivity index (χ3n) is 4.01. The highest BCUT2D eigenvalue weighted by atomic mass is 16.3. The van der Waals surface area contributed by atoms with Crippen molar-refractivity contribution in [3.63, 3.8) is 0 Å². The first-order chi connectivity index (χ1) is 11.7. The predicted octanol–water partition coefficient (Wildman–Crippen LogP) is 1.28. The van der Waals surface area contributed by atoms with E-state index in [0.717, 1.165) is 10.6 Å². The molecule has 0 radical (unpaired) electrons. The molecule has 1 heterocycles. The first kappa shape index (κ1) is 16.2. The molecule has 24 heavy (non-hydrogen) atoms. The largest absolute Gasteiger partial charge is 0.395 e. The van der Waals surface area contributed by atoms with Gasteiger partial charge in [0.25, 0.3) is 11.8 Å². The highest BCUT2D eigenvalue weighted by Crippen LogP contribution is 2.29. The van der Waals surface area contributed by atoms with E-state index < -0.39 is 0 Å². The molecule has 0 atom stereocenters. The Labute approximate surface area is 139 Å². The highest BCUT2D eigenvalue weighted by Gasteiger charge is 2.36. The lowest BCUT2D eigenvalue weighted by Crippen LogP contribution is -2.30. The van der Waals surface area contributed by atoms with E-state index in [2.05, 4.69) is 0 Å². The number of anilines is 2. The Bertz CT molecular complexity index is 717. The second-order valence-corrected chi connectivity index (χ2v) is 5.44. The molecule has 0 saturated heterocycles. The van der Waals surface area contributed by atoms with Gasteiger partial charge < -0.3 is 15.1 Å². The number of carbonyl (C=O) groups is 2. The molecule has 6 heteroatoms. The molecule has 0 unspecified atom stereocenters. The van der Waals surface area contributed by atoms with Gasteiger partial charge in [0.15, 0.2) is 0 Å². The number of fused-ring (bicyclic) bond motifs is 1. The van der Waals surface area contributed by atoms with Gasteiger partial charge in [-0.1, -0.05) is 12.1 Å². The van der Waals surface area contributed by atoms with Crippen molar-refractivity contribution in [2.45, 2.75) is 0 Å². The number of hydrogen-bond donors (Lipinski definition) is 2. The molecule has 0 aromatic heterocycles. The van der Waals surface area contributed by atoms with Crippen molar-refractivity contribution in [3.05, 3.63) is 59.7 Å². The van der Waals surface area contributed by atoms with Crippen molar-refractivity contribution in [2.24, 2.45) is 0 Å². The maximum Gasteiger partial charge on any atom is 0.266 e. The number of carbonyl (C=O) groups excluding carboxylic acids is 2. The van der Waals surface area contributed by atoms with E-state index in [1.807, 2.05) is 4.90 Å². The van der Waals surface area contributed by atoms with Crippen LogP contribution in [0.5, 0.6) is 0 Å². The van der Waals surface area contributed by atoms with Crippen LogP contribution in [0.15, 0.2) is 48.5 Å². The van der Waals surface area contributed by atoms with Crippen LogP contribution in [-0.2, 0) is 0 Å². The van der Waals surface area contributed by atoms with Crippen LogP contribution in [0, 0.1) is 0 Å². The number of aliphatic hydroxyl groups excluding tert-OH is 2. The third-order valence-corrected chi connectivity index (χ3v) is 4.01. The number of aliphatic hydroxyl groups is 2. The van der Waals surface area contributed by atoms with E-state index in [9.17, 15) is 9.59 Å². The second-order valence-electron chi connectivity index (χ2n) is 5.44. The molecule has 2 aromatic carbocycles. The Morgan fingerprint density at radius 2 is 1.29 bits per heavy atom. The number of hydrogen-bond acceptors (Lipinski definition) is 5. The molecular weight excluding hydrogens is 308 g/mol. The summed E-state index contributed by atoms with van der Waals surface area (Å²) in [5.41, 5.74) is 2.12. The van der Waals surface area contributed by atoms with Gasteiger partial charge >= 0.3 is 0 Å². The topological polar surface area (TPSA) is 81.1 Å². The fraction of sp³-hybridized carbons (Fsp3) is 0.222. The zero-order valence-electron chi connectivity index (χ0n) is 13.1. The Kier molecular flexibility index (Phi) is 4.59. The summed E-state index contributed by atoms with van der Waals surface area (Å²) in [5.74, 6) is -0.656. The fourth-order valence-corrected chi connectivity index (χ4v) is 2.85. The minimum Gasteiger partial charge on any atom is -0.395 e. The fourth-order valence-electron chi connectivity index (χ4n) is 2.85. The molecule has 3 rings (SSSR count). The molecule has 1 aliphatic rings. The molecular formula is C18H18N2O4. The minimum atomic E-state index is -0.328. The molecule has 2 aromatic rings. The van der Waals surface area contributed by atoms with Crippen LogP contribution in [-0.4, -0.2) is 48.3 Å². The van der Waals surface area contributed by atoms with Gasteiger partial charge in [-0.15, -0.1) is 0 Å². The summed E-state index contributed by atoms with van der Waals surface area (Å²) in [4.78, 5) is 27.9. The molecule has 124 valence electrons. The van der Waals surface area contributed by atoms with Crippen molar-refractivity contribution < 1.29 is 19.8 Å². The van der Waals surface area contributed by atoms with Crippen LogP contribution in [0.2, 0.25) is 0 Å². The number of benzene rings is 2. The van der Waals surface area contributed by atoms with Crippen molar-refractivity contribution in [2.75, 3.05) is 36.1 Å². The summed E-state index contributed by atoms with van der Waals surface area (Å²) in [6, 6.07) is 13.7. The molecule has 0 bridgehead atoms. The Morgan fingerprint density at radius 1 is 0.792 bits per heavy atom. The van der Waals surface area contributed by atoms with Crippen LogP contribution >= 0.6 is 0 Å². The van der Waals surface area contributed by atoms with Crippen molar-refractivity contribution in [1.29, 1.82) is 0 Å². The molecule has 1 aliphatic heterocycles. The SMILES string of the molecule is O=C1c2ccccc2C(=O)N1c1ccc(N(CCO)CCO)cc1. The van der Waals surface area contributed by atoms with E-state index >= 15 is 0 Å². The van der Waals surface area contributed by atoms with E-state index in [4.69, 9.17) is 10.2 Å². The zero-order valence-corrected chi connectivity index (χ0v) is 13.1. The Morgan fingerprint density at radius 3 is 1.75 bits per heavy atom. The van der Waals surface area contributed by atoms with Gasteiger partial charge in [-0.25, -0.2) is 4.90 Å². The van der Waals surface area contributed by atoms with E-state index in [0.29, 0.717) is 29.9 Å². The van der Waals surface area contributed by atoms with Crippen LogP contribution < -0.4 is 9.80 Å². The second kappa shape index (κ2) is 6.82. The van der Waals surface area contributed by atoms with Crippen LogP contribution in [0.25, 0.3) is 0 Å². The van der Waals surface area contributed by atoms with Crippen molar-refractivity contribution in [1.82, 2.24) is 0 Å². The molecule has 0 fully saturated rings. The van der Waals surface area contributed by atoms with Gasteiger partial charge in [0.2, 0.25) is 0 Å². The minimum absolute atomic E-state index is 0.0276. The Balaban J connectivity index is 1.87. The third kappa shape index (κ3) is 2.77. The highest BCUT2D eigenvalue weighted by molar-refractivity contribution is 6.34. The first-order valence-corrected chi connectivity index (χ1v) is 7.72. The van der Waals surface area contributed by atoms with Crippen LogP contribution in [0.1, 0.15) is 20.7 Å². The van der Waals surface area contributed by atoms with Crippen molar-refractivity contribution in [3.8, 4) is 0 Å². The predicted molar refractivity (Wildman–Crippen MR) is 90.4 cm³/mol. The van der Waals surface area contributed by atoms with Gasteiger partial charge in [0, 0.05) is 18.8 Å². The molecule has 0 aliphatic carbocycles. The van der Waals surface area contributed by atoms with Gasteiger partial charge in [-0.3, -0.25) is 9.59 Å². The van der Waals surface area contributed by atoms with E-state index in [-0.39, 0.29) is 25.0 Å². The van der Waals surface area contributed by atoms with E-state index in [1.165, 1.54) is 0 Å². The maximum absolute atomic E-state index is 12.5. The summed E-state index contributed by atoms with van der Waals surface area (Å²) >= 11 is 0. The molecule has 2 N–H and O–H groups in total. The molecule has 2 amide bonds. The molecule has 0 spiro atoms. The van der Waals surface area contributed by atoms with Crippen LogP contribution in [0.4, 0.5) is 11.4 Å². The average molecular weight is 326 g/mol. The summed E-state index contributed by atoms with van der Waals surface area (Å²) in [6.07, 6.45) is 0. The monoisotopic (exact) mass is 326 g/mol. The summed E-state index contributed by atoms with van der Waals surface area (Å²) in [7, 11) is 0. The summed E-state index contributed by atoms with van der Waals surface area (Å²) in [5, 5.41) is 18.2. The smallest absolute Gasteiger partial charge is 0.266 e. The lowest BCUT2D eigenvalue weighted by Gasteiger charge is -2.23.